The third kappa shape index (κ3) is 4.92. The van der Waals surface area contributed by atoms with Gasteiger partial charge >= 0.3 is 6.03 Å². The summed E-state index contributed by atoms with van der Waals surface area (Å²) in [6.07, 6.45) is 3.33. The second-order valence-electron chi connectivity index (χ2n) is 6.89. The molecule has 7 heteroatoms. The molecule has 0 radical (unpaired) electrons. The number of thioether (sulfide) groups is 1. The number of fused-ring (bicyclic) bond motifs is 1. The van der Waals surface area contributed by atoms with Gasteiger partial charge in [0.2, 0.25) is 5.91 Å². The van der Waals surface area contributed by atoms with Crippen molar-refractivity contribution in [3.8, 4) is 0 Å². The smallest absolute Gasteiger partial charge is 0.315 e. The molecule has 0 aliphatic carbocycles. The maximum atomic E-state index is 12.5. The Bertz CT molecular complexity index is 613. The first-order valence-electron chi connectivity index (χ1n) is 9.28. The highest BCUT2D eigenvalue weighted by Gasteiger charge is 2.42. The Morgan fingerprint density at radius 2 is 2.04 bits per heavy atom. The molecule has 0 aromatic heterocycles. The summed E-state index contributed by atoms with van der Waals surface area (Å²) in [6, 6.07) is 10.3. The molecule has 2 aliphatic rings. The number of nitrogens with one attached hydrogen (secondary N) is 2. The monoisotopic (exact) mass is 377 g/mol. The van der Waals surface area contributed by atoms with Crippen molar-refractivity contribution in [1.82, 2.24) is 15.5 Å². The van der Waals surface area contributed by atoms with E-state index in [9.17, 15) is 14.7 Å². The van der Waals surface area contributed by atoms with Crippen molar-refractivity contribution in [3.63, 3.8) is 0 Å². The van der Waals surface area contributed by atoms with Crippen LogP contribution in [-0.2, 0) is 11.3 Å². The van der Waals surface area contributed by atoms with Gasteiger partial charge in [0.25, 0.3) is 0 Å². The zero-order valence-corrected chi connectivity index (χ0v) is 15.7. The zero-order valence-electron chi connectivity index (χ0n) is 14.9. The van der Waals surface area contributed by atoms with Crippen molar-refractivity contribution in [3.05, 3.63) is 35.9 Å². The molecule has 0 spiro atoms. The van der Waals surface area contributed by atoms with Gasteiger partial charge in [0, 0.05) is 30.5 Å². The largest absolute Gasteiger partial charge is 0.395 e. The van der Waals surface area contributed by atoms with Gasteiger partial charge in [0.15, 0.2) is 0 Å². The Morgan fingerprint density at radius 1 is 1.23 bits per heavy atom. The predicted octanol–water partition coefficient (Wildman–Crippen LogP) is 1.73. The molecule has 3 atom stereocenters. The second-order valence-corrected chi connectivity index (χ2v) is 8.16. The third-order valence-electron chi connectivity index (χ3n) is 5.01. The number of hydrogen-bond acceptors (Lipinski definition) is 4. The van der Waals surface area contributed by atoms with Crippen molar-refractivity contribution in [2.24, 2.45) is 0 Å². The quantitative estimate of drug-likeness (QED) is 0.452. The predicted molar refractivity (Wildman–Crippen MR) is 103 cm³/mol. The molecule has 0 bridgehead atoms. The molecule has 26 heavy (non-hydrogen) atoms. The van der Waals surface area contributed by atoms with E-state index >= 15 is 0 Å². The van der Waals surface area contributed by atoms with E-state index < -0.39 is 0 Å². The van der Waals surface area contributed by atoms with E-state index in [-0.39, 0.29) is 30.6 Å². The molecule has 0 saturated carbocycles. The van der Waals surface area contributed by atoms with Gasteiger partial charge in [-0.25, -0.2) is 4.79 Å². The Hall–Kier alpha value is -1.73. The first-order chi connectivity index (χ1) is 12.7. The number of aliphatic hydroxyl groups is 1. The fraction of sp³-hybridized carbons (Fsp3) is 0.579. The number of urea groups is 1. The number of carbonyl (C=O) groups excluding carboxylic acids is 2. The van der Waals surface area contributed by atoms with Gasteiger partial charge in [-0.1, -0.05) is 36.8 Å². The summed E-state index contributed by atoms with van der Waals surface area (Å²) in [5.74, 6) is 1.06. The molecular weight excluding hydrogens is 350 g/mol. The standard InChI is InChI=1S/C19H27N3O3S/c23-11-10-22(12-14-6-2-1-3-7-14)17(24)9-5-4-8-16-18-15(13-26-16)20-19(25)21-18/h1-3,6-7,15-16,18,23H,4-5,8-13H2,(H2,20,21,25)/t15-,16-,18-/m0/s1. The van der Waals surface area contributed by atoms with E-state index in [2.05, 4.69) is 10.6 Å². The molecule has 1 aromatic carbocycles. The van der Waals surface area contributed by atoms with Crippen molar-refractivity contribution in [2.75, 3.05) is 18.9 Å². The number of nitrogens with zero attached hydrogens (tertiary/aromatic N) is 1. The molecule has 2 saturated heterocycles. The van der Waals surface area contributed by atoms with Crippen molar-refractivity contribution < 1.29 is 14.7 Å². The summed E-state index contributed by atoms with van der Waals surface area (Å²) in [5, 5.41) is 15.6. The lowest BCUT2D eigenvalue weighted by atomic mass is 10.0. The Labute approximate surface area is 158 Å². The minimum atomic E-state index is -0.0546. The summed E-state index contributed by atoms with van der Waals surface area (Å²) >= 11 is 1.91. The number of amides is 3. The summed E-state index contributed by atoms with van der Waals surface area (Å²) in [4.78, 5) is 25.6. The van der Waals surface area contributed by atoms with E-state index in [1.165, 1.54) is 0 Å². The Morgan fingerprint density at radius 3 is 2.81 bits per heavy atom. The molecule has 3 amide bonds. The van der Waals surface area contributed by atoms with Crippen LogP contribution in [-0.4, -0.2) is 58.2 Å². The minimum absolute atomic E-state index is 0.0208. The number of benzene rings is 1. The van der Waals surface area contributed by atoms with Crippen LogP contribution in [0.5, 0.6) is 0 Å². The molecule has 2 heterocycles. The van der Waals surface area contributed by atoms with Crippen LogP contribution in [0.3, 0.4) is 0 Å². The van der Waals surface area contributed by atoms with Crippen LogP contribution in [0.2, 0.25) is 0 Å². The molecular formula is C19H27N3O3S. The zero-order chi connectivity index (χ0) is 18.4. The fourth-order valence-corrected chi connectivity index (χ4v) is 5.18. The highest BCUT2D eigenvalue weighted by Crippen LogP contribution is 2.33. The topological polar surface area (TPSA) is 81.7 Å². The fourth-order valence-electron chi connectivity index (χ4n) is 3.64. The van der Waals surface area contributed by atoms with Crippen LogP contribution >= 0.6 is 11.8 Å². The summed E-state index contributed by atoms with van der Waals surface area (Å²) in [6.45, 7) is 0.890. The molecule has 3 N–H and O–H groups in total. The van der Waals surface area contributed by atoms with Crippen molar-refractivity contribution in [2.45, 2.75) is 49.6 Å². The van der Waals surface area contributed by atoms with Gasteiger partial charge in [-0.2, -0.15) is 11.8 Å². The van der Waals surface area contributed by atoms with Gasteiger partial charge in [-0.3, -0.25) is 4.79 Å². The molecule has 142 valence electrons. The van der Waals surface area contributed by atoms with Crippen molar-refractivity contribution >= 4 is 23.7 Å². The van der Waals surface area contributed by atoms with E-state index in [1.54, 1.807) is 4.90 Å². The molecule has 1 aromatic rings. The highest BCUT2D eigenvalue weighted by molar-refractivity contribution is 8.00. The second kappa shape index (κ2) is 9.28. The number of hydrogen-bond donors (Lipinski definition) is 3. The van der Waals surface area contributed by atoms with Gasteiger partial charge in [0.1, 0.15) is 0 Å². The number of aliphatic hydroxyl groups excluding tert-OH is 1. The van der Waals surface area contributed by atoms with Crippen LogP contribution in [0.4, 0.5) is 4.79 Å². The summed E-state index contributed by atoms with van der Waals surface area (Å²) < 4.78 is 0. The molecule has 2 fully saturated rings. The Kier molecular flexibility index (Phi) is 6.80. The van der Waals surface area contributed by atoms with E-state index in [1.807, 2.05) is 42.1 Å². The van der Waals surface area contributed by atoms with E-state index in [0.29, 0.717) is 24.8 Å². The van der Waals surface area contributed by atoms with E-state index in [0.717, 1.165) is 30.6 Å². The van der Waals surface area contributed by atoms with Crippen molar-refractivity contribution in [1.29, 1.82) is 0 Å². The van der Waals surface area contributed by atoms with Gasteiger partial charge in [0.05, 0.1) is 18.7 Å². The maximum Gasteiger partial charge on any atom is 0.315 e. The molecule has 2 aliphatic heterocycles. The van der Waals surface area contributed by atoms with Crippen LogP contribution in [0, 0.1) is 0 Å². The van der Waals surface area contributed by atoms with Crippen LogP contribution in [0.25, 0.3) is 0 Å². The first kappa shape index (κ1) is 19.0. The maximum absolute atomic E-state index is 12.5. The summed E-state index contributed by atoms with van der Waals surface area (Å²) in [7, 11) is 0. The SMILES string of the molecule is O=C1N[C@H]2[C@H](CS[C@H]2CCCCC(=O)N(CCO)Cc2ccccc2)N1. The minimum Gasteiger partial charge on any atom is -0.395 e. The lowest BCUT2D eigenvalue weighted by Crippen LogP contribution is -2.36. The van der Waals surface area contributed by atoms with Crippen LogP contribution in [0.1, 0.15) is 31.2 Å². The van der Waals surface area contributed by atoms with Crippen LogP contribution < -0.4 is 10.6 Å². The van der Waals surface area contributed by atoms with Gasteiger partial charge in [-0.05, 0) is 18.4 Å². The van der Waals surface area contributed by atoms with Gasteiger partial charge < -0.3 is 20.6 Å². The van der Waals surface area contributed by atoms with Crippen LogP contribution in [0.15, 0.2) is 30.3 Å². The highest BCUT2D eigenvalue weighted by atomic mass is 32.2. The Balaban J connectivity index is 1.40. The molecule has 3 rings (SSSR count). The first-order valence-corrected chi connectivity index (χ1v) is 10.3. The van der Waals surface area contributed by atoms with E-state index in [4.69, 9.17) is 0 Å². The number of rotatable bonds is 9. The lowest BCUT2D eigenvalue weighted by Gasteiger charge is -2.22. The average Bonchev–Trinajstić information content (AvgIpc) is 3.18. The van der Waals surface area contributed by atoms with Gasteiger partial charge in [-0.15, -0.1) is 0 Å². The average molecular weight is 378 g/mol. The molecule has 0 unspecified atom stereocenters. The summed E-state index contributed by atoms with van der Waals surface area (Å²) in [5.41, 5.74) is 1.08. The third-order valence-corrected chi connectivity index (χ3v) is 6.51. The lowest BCUT2D eigenvalue weighted by molar-refractivity contribution is -0.132. The number of carbonyl (C=O) groups is 2. The molecule has 6 nitrogen and oxygen atoms in total. The normalized spacial score (nSPS) is 24.0. The number of unbranched alkanes of at least 4 members (excludes halogenated alkanes) is 1.